The summed E-state index contributed by atoms with van der Waals surface area (Å²) in [6.45, 7) is 2.06. The highest BCUT2D eigenvalue weighted by Crippen LogP contribution is 2.38. The van der Waals surface area contributed by atoms with Gasteiger partial charge in [0, 0.05) is 38.0 Å². The first-order chi connectivity index (χ1) is 60.5. The van der Waals surface area contributed by atoms with Crippen LogP contribution in [-0.2, 0) is 0 Å². The zero-order chi connectivity index (χ0) is 80.6. The highest BCUT2D eigenvalue weighted by atomic mass is 15.1. The maximum absolute atomic E-state index is 2.41. The minimum absolute atomic E-state index is 0.301. The second-order valence-corrected chi connectivity index (χ2v) is 32.7. The quantitative estimate of drug-likeness (QED) is 0.111. The van der Waals surface area contributed by atoms with Gasteiger partial charge in [0.25, 0.3) is 0 Å². The zero-order valence-electron chi connectivity index (χ0n) is 67.2. The fraction of sp³-hybridized carbons (Fsp3) is 0. The molecule has 0 amide bonds. The lowest BCUT2D eigenvalue weighted by Gasteiger charge is -2.41. The first-order valence-electron chi connectivity index (χ1n) is 42.5. The predicted molar refractivity (Wildman–Crippen MR) is 528 cm³/mol. The van der Waals surface area contributed by atoms with E-state index in [0.717, 1.165) is 0 Å². The molecule has 28 rings (SSSR count). The van der Waals surface area contributed by atoms with Crippen LogP contribution in [0.4, 0.5) is 5.69 Å². The van der Waals surface area contributed by atoms with Gasteiger partial charge < -0.3 is 28.9 Å². The molecule has 6 nitrogen and oxygen atoms in total. The molecular formula is C110H78B6N6. The second kappa shape index (κ2) is 30.7. The number of fused-ring (bicyclic) bond motifs is 29. The largest absolute Gasteiger partial charge is 0.389 e. The van der Waals surface area contributed by atoms with Crippen LogP contribution in [0, 0.1) is 0 Å². The minimum atomic E-state index is 0.301. The number of hydrogen-bond donors (Lipinski definition) is 0. The molecule has 0 saturated carbocycles. The summed E-state index contributed by atoms with van der Waals surface area (Å²) < 4.78 is 0. The SMILES string of the molecule is C1=CB2C=Cc3cc4ccccc4cc3N2C=C1.C1=CB2C=c3c(c4ccccc4c4ccccc34)=CN2C=C1.C1=CB2C=c3ccc4c(ccc5ccccc54)c3=CN2C=C1.C1=CB2C=c3ccc4ccc5ccccc5c4c3=CN2C=C1.C1=CC2=CC=C3C=CC=C4C=CC(=C1)B2N43.C1=CN2C=c3c(ccc4ccccc34)=CB2c2ccccc21. The Morgan fingerprint density at radius 3 is 1.49 bits per heavy atom. The van der Waals surface area contributed by atoms with Crippen molar-refractivity contribution in [2.45, 2.75) is 0 Å². The van der Waals surface area contributed by atoms with Crippen molar-refractivity contribution in [2.24, 2.45) is 0 Å². The number of hydrogen-bond acceptors (Lipinski definition) is 6. The van der Waals surface area contributed by atoms with E-state index in [2.05, 4.69) is 503 Å². The lowest BCUT2D eigenvalue weighted by molar-refractivity contribution is 0.683. The molecule has 14 aliphatic rings. The van der Waals surface area contributed by atoms with E-state index in [4.69, 9.17) is 0 Å². The van der Waals surface area contributed by atoms with E-state index in [1.54, 1.807) is 0 Å². The summed E-state index contributed by atoms with van der Waals surface area (Å²) in [4.78, 5) is 13.9. The van der Waals surface area contributed by atoms with Crippen LogP contribution in [0.15, 0.2) is 435 Å². The molecule has 14 aliphatic heterocycles. The van der Waals surface area contributed by atoms with Gasteiger partial charge in [0.1, 0.15) is 0 Å². The van der Waals surface area contributed by atoms with E-state index in [1.165, 1.54) is 173 Å². The third-order valence-electron chi connectivity index (χ3n) is 25.7. The summed E-state index contributed by atoms with van der Waals surface area (Å²) in [5, 5.41) is 31.7. The van der Waals surface area contributed by atoms with Crippen molar-refractivity contribution in [3.8, 4) is 0 Å². The van der Waals surface area contributed by atoms with E-state index in [-0.39, 0.29) is 0 Å². The number of rotatable bonds is 0. The molecule has 14 heterocycles. The molecule has 0 bridgehead atoms. The van der Waals surface area contributed by atoms with E-state index >= 15 is 0 Å². The Hall–Kier alpha value is -15.1. The number of benzene rings is 14. The Morgan fingerprint density at radius 1 is 0.246 bits per heavy atom. The summed E-state index contributed by atoms with van der Waals surface area (Å²) in [5.74, 6) is 20.6. The van der Waals surface area contributed by atoms with Gasteiger partial charge in [-0.05, 0) is 246 Å². The molecule has 0 radical (unpaired) electrons. The Kier molecular flexibility index (Phi) is 18.1. The molecule has 0 atom stereocenters. The zero-order valence-corrected chi connectivity index (χ0v) is 67.2. The third kappa shape index (κ3) is 13.0. The molecule has 0 fully saturated rings. The van der Waals surface area contributed by atoms with Crippen molar-refractivity contribution >= 4 is 199 Å². The molecule has 566 valence electrons. The van der Waals surface area contributed by atoms with Crippen LogP contribution in [0.5, 0.6) is 0 Å². The van der Waals surface area contributed by atoms with Crippen molar-refractivity contribution in [1.82, 2.24) is 24.1 Å². The third-order valence-corrected chi connectivity index (χ3v) is 25.7. The first-order valence-corrected chi connectivity index (χ1v) is 42.5. The number of nitrogens with zero attached hydrogens (tertiary/aromatic N) is 6. The van der Waals surface area contributed by atoms with Crippen LogP contribution < -0.4 is 52.0 Å². The van der Waals surface area contributed by atoms with Gasteiger partial charge in [0.2, 0.25) is 0 Å². The second-order valence-electron chi connectivity index (χ2n) is 32.7. The Bertz CT molecular complexity index is 7860. The summed E-state index contributed by atoms with van der Waals surface area (Å²) in [5.41, 5.74) is 10.6. The van der Waals surface area contributed by atoms with Gasteiger partial charge >= 0.3 is 41.1 Å². The summed E-state index contributed by atoms with van der Waals surface area (Å²) >= 11 is 0. The lowest BCUT2D eigenvalue weighted by atomic mass is 9.43. The van der Waals surface area contributed by atoms with E-state index < -0.39 is 0 Å². The molecule has 122 heavy (non-hydrogen) atoms. The van der Waals surface area contributed by atoms with Crippen LogP contribution in [0.3, 0.4) is 0 Å². The maximum atomic E-state index is 2.41. The fourth-order valence-corrected chi connectivity index (χ4v) is 19.7. The van der Waals surface area contributed by atoms with Crippen LogP contribution in [0.2, 0.25) is 0 Å². The monoisotopic (exact) mass is 1550 g/mol. The first kappa shape index (κ1) is 72.1. The molecule has 12 heteroatoms. The van der Waals surface area contributed by atoms with Crippen molar-refractivity contribution in [2.75, 3.05) is 4.81 Å². The van der Waals surface area contributed by atoms with Crippen molar-refractivity contribution in [1.29, 1.82) is 0 Å². The van der Waals surface area contributed by atoms with E-state index in [0.29, 0.717) is 41.1 Å². The average molecular weight is 1550 g/mol. The molecule has 0 aliphatic carbocycles. The van der Waals surface area contributed by atoms with Crippen LogP contribution >= 0.6 is 0 Å². The van der Waals surface area contributed by atoms with Gasteiger partial charge in [0.05, 0.1) is 0 Å². The smallest absolute Gasteiger partial charge is 0.328 e. The van der Waals surface area contributed by atoms with E-state index in [9.17, 15) is 0 Å². The topological polar surface area (TPSA) is 19.4 Å². The van der Waals surface area contributed by atoms with Crippen LogP contribution in [0.25, 0.3) is 147 Å². The van der Waals surface area contributed by atoms with Gasteiger partial charge in [-0.2, -0.15) is 0 Å². The van der Waals surface area contributed by atoms with E-state index in [1.807, 2.05) is 0 Å². The van der Waals surface area contributed by atoms with Gasteiger partial charge in [-0.3, -0.25) is 0 Å². The fourth-order valence-electron chi connectivity index (χ4n) is 19.7. The molecule has 14 aromatic rings. The molecular weight excluding hydrogens is 1470 g/mol. The molecule has 0 saturated heterocycles. The molecule has 0 unspecified atom stereocenters. The van der Waals surface area contributed by atoms with Crippen molar-refractivity contribution in [3.05, 3.63) is 488 Å². The van der Waals surface area contributed by atoms with Gasteiger partial charge in [-0.15, -0.1) is 0 Å². The summed E-state index contributed by atoms with van der Waals surface area (Å²) in [7, 11) is 0. The molecule has 0 aromatic heterocycles. The van der Waals surface area contributed by atoms with Gasteiger partial charge in [-0.1, -0.05) is 362 Å². The predicted octanol–water partition coefficient (Wildman–Crippen LogP) is 17.6. The van der Waals surface area contributed by atoms with Gasteiger partial charge in [-0.25, -0.2) is 0 Å². The van der Waals surface area contributed by atoms with Crippen LogP contribution in [0.1, 0.15) is 11.1 Å². The highest BCUT2D eigenvalue weighted by molar-refractivity contribution is 6.85. The maximum Gasteiger partial charge on any atom is 0.328 e. The number of allylic oxidation sites excluding steroid dienone is 20. The summed E-state index contributed by atoms with van der Waals surface area (Å²) in [6.07, 6.45) is 63.0. The standard InChI is InChI=1S/4C20H14BN.C16H12BN.C14H10BN/c1-3-9-17-15(7-1)16-8-2-4-10-18(16)20-14-22-12-6-5-11-21(22)13-19(17)20;1-3-7-18-15(5-1)9-10-17-13-21-20-8-4-2-6-16(20)11-12-22(21)14-19(17)18;1-2-6-17-15(5-1)7-9-19-18(17)10-8-16-13-21-11-3-4-12-22(21)14-20(16)19;1-2-6-18-15(5-1)7-8-16-9-10-17-13-21-11-3-4-12-22(21)14-19(17)20(16)18;1-2-6-14-12-16-15(11-13(14)5-1)7-9-17-8-3-4-10-18(16)17;1-3-11-7-9-13-5-2-6-14-10-8-12(4-1)15(11)16(13)14/h4*1-14H;1-12H;1-10H. The Labute approximate surface area is 711 Å². The molecule has 0 N–H and O–H groups in total. The van der Waals surface area contributed by atoms with Crippen molar-refractivity contribution in [3.63, 3.8) is 0 Å². The number of anilines is 1. The normalized spacial score (nSPS) is 16.5. The van der Waals surface area contributed by atoms with Crippen LogP contribution in [-0.4, -0.2) is 65.1 Å². The lowest BCUT2D eigenvalue weighted by Crippen LogP contribution is -2.51. The average Bonchev–Trinajstić information content (AvgIpc) is 0.754. The molecule has 14 aromatic carbocycles. The van der Waals surface area contributed by atoms with Crippen molar-refractivity contribution < 1.29 is 0 Å². The molecule has 0 spiro atoms. The van der Waals surface area contributed by atoms with Gasteiger partial charge in [0.15, 0.2) is 0 Å². The Balaban J connectivity index is 0.0000000853. The highest BCUT2D eigenvalue weighted by Gasteiger charge is 2.38. The Morgan fingerprint density at radius 2 is 0.738 bits per heavy atom. The minimum Gasteiger partial charge on any atom is -0.389 e. The summed E-state index contributed by atoms with van der Waals surface area (Å²) in [6, 6.07) is 87.4.